The lowest BCUT2D eigenvalue weighted by Crippen LogP contribution is -2.49. The van der Waals surface area contributed by atoms with Crippen molar-refractivity contribution < 1.29 is 9.53 Å². The number of hydrogen-bond donors (Lipinski definition) is 0. The van der Waals surface area contributed by atoms with E-state index in [-0.39, 0.29) is 5.91 Å². The normalized spacial score (nSPS) is 17.1. The number of rotatable bonds is 4. The van der Waals surface area contributed by atoms with Crippen LogP contribution >= 0.6 is 0 Å². The number of morpholine rings is 1. The number of benzene rings is 1. The molecule has 2 fully saturated rings. The molecule has 0 unspecified atom stereocenters. The Morgan fingerprint density at radius 3 is 2.32 bits per heavy atom. The Morgan fingerprint density at radius 2 is 1.61 bits per heavy atom. The van der Waals surface area contributed by atoms with Gasteiger partial charge in [-0.3, -0.25) is 4.79 Å². The fourth-order valence-electron chi connectivity index (χ4n) is 4.00. The van der Waals surface area contributed by atoms with Gasteiger partial charge in [-0.2, -0.15) is 5.10 Å². The van der Waals surface area contributed by atoms with Crippen molar-refractivity contribution >= 4 is 17.5 Å². The molecule has 3 aromatic rings. The third-order valence-electron chi connectivity index (χ3n) is 5.73. The third kappa shape index (κ3) is 4.22. The van der Waals surface area contributed by atoms with Gasteiger partial charge in [0.15, 0.2) is 0 Å². The van der Waals surface area contributed by atoms with Crippen LogP contribution < -0.4 is 9.80 Å². The number of piperazine rings is 1. The molecule has 9 nitrogen and oxygen atoms in total. The van der Waals surface area contributed by atoms with Crippen LogP contribution in [0.25, 0.3) is 5.69 Å². The Labute approximate surface area is 180 Å². The van der Waals surface area contributed by atoms with Crippen molar-refractivity contribution in [2.75, 3.05) is 62.3 Å². The van der Waals surface area contributed by atoms with Crippen LogP contribution in [-0.4, -0.2) is 83.0 Å². The first-order valence-electron chi connectivity index (χ1n) is 10.6. The standard InChI is InChI=1S/C22H25N7O2/c30-22(18-3-1-4-19(15-18)29-6-2-5-25-29)28-9-7-26(8-10-28)20-16-21(24-17-23-20)27-11-13-31-14-12-27/h1-6,15-17H,7-14H2. The highest BCUT2D eigenvalue weighted by Gasteiger charge is 2.24. The van der Waals surface area contributed by atoms with Gasteiger partial charge in [0.25, 0.3) is 5.91 Å². The molecular formula is C22H25N7O2. The van der Waals surface area contributed by atoms with E-state index in [1.165, 1.54) is 0 Å². The summed E-state index contributed by atoms with van der Waals surface area (Å²) in [5.74, 6) is 1.89. The molecule has 2 aliphatic heterocycles. The van der Waals surface area contributed by atoms with Gasteiger partial charge in [-0.25, -0.2) is 14.6 Å². The van der Waals surface area contributed by atoms with E-state index >= 15 is 0 Å². The van der Waals surface area contributed by atoms with Crippen molar-refractivity contribution in [3.63, 3.8) is 0 Å². The fraction of sp³-hybridized carbons (Fsp3) is 0.364. The lowest BCUT2D eigenvalue weighted by Gasteiger charge is -2.36. The van der Waals surface area contributed by atoms with Crippen LogP contribution in [0.1, 0.15) is 10.4 Å². The largest absolute Gasteiger partial charge is 0.378 e. The first-order valence-corrected chi connectivity index (χ1v) is 10.6. The molecule has 2 aliphatic rings. The summed E-state index contributed by atoms with van der Waals surface area (Å²) in [6, 6.07) is 11.5. The number of anilines is 2. The van der Waals surface area contributed by atoms with Gasteiger partial charge in [-0.15, -0.1) is 0 Å². The van der Waals surface area contributed by atoms with Crippen molar-refractivity contribution in [3.05, 3.63) is 60.7 Å². The van der Waals surface area contributed by atoms with Gasteiger partial charge in [-0.1, -0.05) is 6.07 Å². The molecule has 9 heteroatoms. The van der Waals surface area contributed by atoms with Gasteiger partial charge in [0.2, 0.25) is 0 Å². The van der Waals surface area contributed by atoms with Crippen molar-refractivity contribution in [1.82, 2.24) is 24.6 Å². The van der Waals surface area contributed by atoms with E-state index in [1.807, 2.05) is 47.5 Å². The predicted octanol–water partition coefficient (Wildman–Crippen LogP) is 1.46. The number of hydrogen-bond acceptors (Lipinski definition) is 7. The van der Waals surface area contributed by atoms with Crippen molar-refractivity contribution in [1.29, 1.82) is 0 Å². The molecule has 0 N–H and O–H groups in total. The van der Waals surface area contributed by atoms with E-state index in [9.17, 15) is 4.79 Å². The molecule has 0 saturated carbocycles. The second-order valence-corrected chi connectivity index (χ2v) is 7.61. The number of aromatic nitrogens is 4. The minimum atomic E-state index is 0.0466. The minimum absolute atomic E-state index is 0.0466. The Balaban J connectivity index is 1.24. The molecule has 1 aromatic carbocycles. The second-order valence-electron chi connectivity index (χ2n) is 7.61. The zero-order valence-electron chi connectivity index (χ0n) is 17.3. The van der Waals surface area contributed by atoms with Crippen LogP contribution in [0.15, 0.2) is 55.1 Å². The third-order valence-corrected chi connectivity index (χ3v) is 5.73. The fourth-order valence-corrected chi connectivity index (χ4v) is 4.00. The van der Waals surface area contributed by atoms with Crippen LogP contribution in [-0.2, 0) is 4.74 Å². The highest BCUT2D eigenvalue weighted by molar-refractivity contribution is 5.95. The summed E-state index contributed by atoms with van der Waals surface area (Å²) in [4.78, 5) is 28.3. The molecule has 0 spiro atoms. The smallest absolute Gasteiger partial charge is 0.254 e. The number of ether oxygens (including phenoxy) is 1. The summed E-state index contributed by atoms with van der Waals surface area (Å²) >= 11 is 0. The average Bonchev–Trinajstić information content (AvgIpc) is 3.40. The van der Waals surface area contributed by atoms with E-state index in [0.717, 1.165) is 56.7 Å². The first kappa shape index (κ1) is 19.5. The number of nitrogens with zero attached hydrogens (tertiary/aromatic N) is 7. The molecule has 1 amide bonds. The molecule has 2 saturated heterocycles. The highest BCUT2D eigenvalue weighted by atomic mass is 16.5. The van der Waals surface area contributed by atoms with Gasteiger partial charge in [0.1, 0.15) is 18.0 Å². The van der Waals surface area contributed by atoms with E-state index in [1.54, 1.807) is 17.2 Å². The Morgan fingerprint density at radius 1 is 0.871 bits per heavy atom. The molecule has 0 atom stereocenters. The SMILES string of the molecule is O=C(c1cccc(-n2cccn2)c1)N1CCN(c2cc(N3CCOCC3)ncn2)CC1. The molecule has 160 valence electrons. The topological polar surface area (TPSA) is 79.6 Å². The summed E-state index contributed by atoms with van der Waals surface area (Å²) in [5.41, 5.74) is 1.56. The van der Waals surface area contributed by atoms with Crippen LogP contribution in [0.5, 0.6) is 0 Å². The monoisotopic (exact) mass is 419 g/mol. The van der Waals surface area contributed by atoms with Crippen LogP contribution in [0.4, 0.5) is 11.6 Å². The van der Waals surface area contributed by atoms with Gasteiger partial charge >= 0.3 is 0 Å². The van der Waals surface area contributed by atoms with Crippen molar-refractivity contribution in [2.45, 2.75) is 0 Å². The molecule has 5 rings (SSSR count). The van der Waals surface area contributed by atoms with E-state index in [0.29, 0.717) is 18.7 Å². The maximum atomic E-state index is 13.1. The lowest BCUT2D eigenvalue weighted by molar-refractivity contribution is 0.0746. The number of amides is 1. The highest BCUT2D eigenvalue weighted by Crippen LogP contribution is 2.21. The Hall–Kier alpha value is -3.46. The Kier molecular flexibility index (Phi) is 5.49. The van der Waals surface area contributed by atoms with Crippen molar-refractivity contribution in [3.8, 4) is 5.69 Å². The zero-order chi connectivity index (χ0) is 21.0. The maximum absolute atomic E-state index is 13.1. The summed E-state index contributed by atoms with van der Waals surface area (Å²) in [7, 11) is 0. The predicted molar refractivity (Wildman–Crippen MR) is 117 cm³/mol. The molecule has 4 heterocycles. The maximum Gasteiger partial charge on any atom is 0.254 e. The van der Waals surface area contributed by atoms with Gasteiger partial charge in [-0.05, 0) is 24.3 Å². The van der Waals surface area contributed by atoms with Crippen LogP contribution in [0, 0.1) is 0 Å². The number of carbonyl (C=O) groups excluding carboxylic acids is 1. The van der Waals surface area contributed by atoms with Crippen LogP contribution in [0.2, 0.25) is 0 Å². The zero-order valence-corrected chi connectivity index (χ0v) is 17.3. The summed E-state index contributed by atoms with van der Waals surface area (Å²) in [5, 5.41) is 4.25. The molecule has 0 aliphatic carbocycles. The lowest BCUT2D eigenvalue weighted by atomic mass is 10.1. The van der Waals surface area contributed by atoms with E-state index in [4.69, 9.17) is 4.74 Å². The number of carbonyl (C=O) groups is 1. The molecule has 2 aromatic heterocycles. The van der Waals surface area contributed by atoms with E-state index < -0.39 is 0 Å². The summed E-state index contributed by atoms with van der Waals surface area (Å²) < 4.78 is 7.19. The van der Waals surface area contributed by atoms with Gasteiger partial charge in [0, 0.05) is 63.3 Å². The van der Waals surface area contributed by atoms with Gasteiger partial charge < -0.3 is 19.4 Å². The summed E-state index contributed by atoms with van der Waals surface area (Å²) in [6.45, 7) is 5.92. The summed E-state index contributed by atoms with van der Waals surface area (Å²) in [6.07, 6.45) is 5.22. The Bertz CT molecular complexity index is 1030. The molecule has 0 radical (unpaired) electrons. The van der Waals surface area contributed by atoms with Crippen LogP contribution in [0.3, 0.4) is 0 Å². The minimum Gasteiger partial charge on any atom is -0.378 e. The quantitative estimate of drug-likeness (QED) is 0.633. The van der Waals surface area contributed by atoms with Crippen molar-refractivity contribution in [2.24, 2.45) is 0 Å². The van der Waals surface area contributed by atoms with Gasteiger partial charge in [0.05, 0.1) is 18.9 Å². The molecular weight excluding hydrogens is 394 g/mol. The van der Waals surface area contributed by atoms with E-state index in [2.05, 4.69) is 24.9 Å². The molecule has 31 heavy (non-hydrogen) atoms. The average molecular weight is 419 g/mol. The first-order chi connectivity index (χ1) is 15.3. The second kappa shape index (κ2) is 8.73. The molecule has 0 bridgehead atoms.